The fourth-order valence-corrected chi connectivity index (χ4v) is 5.96. The standard InChI is InChI=1S/C28H33N3O5/c1-17-11-12-21-23(30(17)28(35)36-2)13-14-24-26(21)29-25(31(24)19-9-6-10-20(32)15-19)16-22(27(33)34)18-7-4-3-5-8-18/h3-5,7-8,13-14,17,19-20,22,32H,6,9-12,15-16H2,1-2H3,(H,33,34)/t17-,19+,20+,22+/m0/s1. The number of hydrogen-bond acceptors (Lipinski definition) is 5. The molecule has 8 heteroatoms. The first-order chi connectivity index (χ1) is 17.4. The van der Waals surface area contributed by atoms with Crippen molar-refractivity contribution in [3.8, 4) is 0 Å². The number of carboxylic acid groups (broad SMARTS) is 1. The lowest BCUT2D eigenvalue weighted by atomic mass is 9.91. The van der Waals surface area contributed by atoms with Gasteiger partial charge in [-0.25, -0.2) is 9.78 Å². The minimum absolute atomic E-state index is 0.00641. The molecule has 3 aromatic rings. The maximum Gasteiger partial charge on any atom is 0.414 e. The molecular formula is C28H33N3O5. The van der Waals surface area contributed by atoms with Crippen molar-refractivity contribution in [1.29, 1.82) is 0 Å². The van der Waals surface area contributed by atoms with Gasteiger partial charge in [-0.15, -0.1) is 0 Å². The monoisotopic (exact) mass is 491 g/mol. The Balaban J connectivity index is 1.66. The number of carbonyl (C=O) groups excluding carboxylic acids is 1. The zero-order valence-electron chi connectivity index (χ0n) is 20.8. The molecule has 2 aromatic carbocycles. The molecule has 0 saturated heterocycles. The van der Waals surface area contributed by atoms with Gasteiger partial charge in [0.25, 0.3) is 0 Å². The molecule has 2 heterocycles. The Morgan fingerprint density at radius 2 is 1.92 bits per heavy atom. The number of hydrogen-bond donors (Lipinski definition) is 2. The number of aromatic nitrogens is 2. The number of benzene rings is 2. The molecule has 0 radical (unpaired) electrons. The summed E-state index contributed by atoms with van der Waals surface area (Å²) >= 11 is 0. The first-order valence-corrected chi connectivity index (χ1v) is 12.7. The van der Waals surface area contributed by atoms with E-state index in [0.717, 1.165) is 60.0 Å². The molecule has 2 N–H and O–H groups in total. The van der Waals surface area contributed by atoms with Gasteiger partial charge in [0, 0.05) is 24.1 Å². The van der Waals surface area contributed by atoms with Crippen LogP contribution in [-0.2, 0) is 22.4 Å². The lowest BCUT2D eigenvalue weighted by Crippen LogP contribution is -2.42. The largest absolute Gasteiger partial charge is 0.481 e. The summed E-state index contributed by atoms with van der Waals surface area (Å²) in [5, 5.41) is 20.6. The Labute approximate surface area is 210 Å². The van der Waals surface area contributed by atoms with Gasteiger partial charge in [0.15, 0.2) is 0 Å². The molecule has 1 aliphatic carbocycles. The predicted octanol–water partition coefficient (Wildman–Crippen LogP) is 4.83. The van der Waals surface area contributed by atoms with Crippen LogP contribution in [0, 0.1) is 0 Å². The number of rotatable bonds is 5. The first-order valence-electron chi connectivity index (χ1n) is 12.7. The molecule has 1 aliphatic heterocycles. The van der Waals surface area contributed by atoms with Crippen LogP contribution in [-0.4, -0.2) is 51.1 Å². The van der Waals surface area contributed by atoms with Crippen LogP contribution in [0.5, 0.6) is 0 Å². The highest BCUT2D eigenvalue weighted by Crippen LogP contribution is 2.40. The summed E-state index contributed by atoms with van der Waals surface area (Å²) in [6.07, 6.45) is 4.22. The van der Waals surface area contributed by atoms with Crippen LogP contribution < -0.4 is 4.90 Å². The topological polar surface area (TPSA) is 105 Å². The van der Waals surface area contributed by atoms with E-state index in [1.807, 2.05) is 49.4 Å². The highest BCUT2D eigenvalue weighted by molar-refractivity contribution is 5.95. The molecule has 0 bridgehead atoms. The van der Waals surface area contributed by atoms with Gasteiger partial charge in [0.2, 0.25) is 0 Å². The maximum absolute atomic E-state index is 12.6. The summed E-state index contributed by atoms with van der Waals surface area (Å²) in [7, 11) is 1.39. The molecule has 0 unspecified atom stereocenters. The normalized spacial score (nSPS) is 22.8. The van der Waals surface area contributed by atoms with E-state index in [2.05, 4.69) is 4.57 Å². The van der Waals surface area contributed by atoms with Gasteiger partial charge in [-0.1, -0.05) is 30.3 Å². The number of aliphatic hydroxyl groups is 1. The quantitative estimate of drug-likeness (QED) is 0.530. The molecule has 0 spiro atoms. The van der Waals surface area contributed by atoms with Crippen LogP contribution in [0.25, 0.3) is 11.0 Å². The van der Waals surface area contributed by atoms with Crippen molar-refractivity contribution < 1.29 is 24.5 Å². The Kier molecular flexibility index (Phi) is 6.71. The van der Waals surface area contributed by atoms with Gasteiger partial charge in [-0.3, -0.25) is 9.69 Å². The van der Waals surface area contributed by atoms with Crippen molar-refractivity contribution in [2.75, 3.05) is 12.0 Å². The number of carboxylic acids is 1. The SMILES string of the molecule is COC(=O)N1c2ccc3c(nc(C[C@@H](C(=O)O)c4ccccc4)n3[C@@H]3CCC[C@@H](O)C3)c2CC[C@@H]1C. The summed E-state index contributed by atoms with van der Waals surface area (Å²) in [6, 6.07) is 13.2. The fourth-order valence-electron chi connectivity index (χ4n) is 5.96. The molecular weight excluding hydrogens is 458 g/mol. The van der Waals surface area contributed by atoms with Crippen molar-refractivity contribution in [3.05, 3.63) is 59.4 Å². The summed E-state index contributed by atoms with van der Waals surface area (Å²) in [4.78, 5) is 31.7. The number of anilines is 1. The van der Waals surface area contributed by atoms with Crippen molar-refractivity contribution in [2.45, 2.75) is 76.0 Å². The average molecular weight is 492 g/mol. The minimum Gasteiger partial charge on any atom is -0.481 e. The Bertz CT molecular complexity index is 1270. The van der Waals surface area contributed by atoms with E-state index in [1.54, 1.807) is 4.90 Å². The Morgan fingerprint density at radius 1 is 1.14 bits per heavy atom. The van der Waals surface area contributed by atoms with Crippen molar-refractivity contribution in [3.63, 3.8) is 0 Å². The van der Waals surface area contributed by atoms with E-state index < -0.39 is 18.0 Å². The smallest absolute Gasteiger partial charge is 0.414 e. The minimum atomic E-state index is -0.892. The molecule has 1 amide bonds. The highest BCUT2D eigenvalue weighted by Gasteiger charge is 2.34. The van der Waals surface area contributed by atoms with E-state index in [-0.39, 0.29) is 24.6 Å². The van der Waals surface area contributed by atoms with Crippen molar-refractivity contribution in [1.82, 2.24) is 9.55 Å². The second kappa shape index (κ2) is 9.93. The van der Waals surface area contributed by atoms with Gasteiger partial charge < -0.3 is 19.5 Å². The number of ether oxygens (including phenoxy) is 1. The van der Waals surface area contributed by atoms with Gasteiger partial charge in [-0.2, -0.15) is 0 Å². The van der Waals surface area contributed by atoms with Crippen LogP contribution in [0.3, 0.4) is 0 Å². The molecule has 36 heavy (non-hydrogen) atoms. The summed E-state index contributed by atoms with van der Waals surface area (Å²) in [5.41, 5.74) is 4.25. The number of methoxy groups -OCH3 is 1. The number of fused-ring (bicyclic) bond motifs is 3. The van der Waals surface area contributed by atoms with E-state index in [4.69, 9.17) is 9.72 Å². The predicted molar refractivity (Wildman–Crippen MR) is 136 cm³/mol. The zero-order valence-corrected chi connectivity index (χ0v) is 20.8. The number of nitrogens with zero attached hydrogens (tertiary/aromatic N) is 3. The van der Waals surface area contributed by atoms with Crippen LogP contribution >= 0.6 is 0 Å². The summed E-state index contributed by atoms with van der Waals surface area (Å²) in [6.45, 7) is 2.01. The van der Waals surface area contributed by atoms with E-state index >= 15 is 0 Å². The number of aliphatic hydroxyl groups excluding tert-OH is 1. The average Bonchev–Trinajstić information content (AvgIpc) is 3.25. The molecule has 2 aliphatic rings. The van der Waals surface area contributed by atoms with Crippen molar-refractivity contribution >= 4 is 28.8 Å². The number of aryl methyl sites for hydroxylation is 1. The van der Waals surface area contributed by atoms with Gasteiger partial charge >= 0.3 is 12.1 Å². The maximum atomic E-state index is 12.6. The second-order valence-corrected chi connectivity index (χ2v) is 10.0. The molecule has 8 nitrogen and oxygen atoms in total. The Hall–Kier alpha value is -3.39. The van der Waals surface area contributed by atoms with E-state index in [1.165, 1.54) is 7.11 Å². The molecule has 1 fully saturated rings. The first kappa shape index (κ1) is 24.3. The molecule has 1 aromatic heterocycles. The Morgan fingerprint density at radius 3 is 2.61 bits per heavy atom. The van der Waals surface area contributed by atoms with Crippen LogP contribution in [0.2, 0.25) is 0 Å². The van der Waals surface area contributed by atoms with E-state index in [9.17, 15) is 19.8 Å². The zero-order chi connectivity index (χ0) is 25.4. The van der Waals surface area contributed by atoms with Crippen molar-refractivity contribution in [2.24, 2.45) is 0 Å². The number of carbonyl (C=O) groups is 2. The third-order valence-corrected chi connectivity index (χ3v) is 7.77. The highest BCUT2D eigenvalue weighted by atomic mass is 16.5. The fraction of sp³-hybridized carbons (Fsp3) is 0.464. The van der Waals surface area contributed by atoms with Crippen LogP contribution in [0.4, 0.5) is 10.5 Å². The summed E-state index contributed by atoms with van der Waals surface area (Å²) in [5.74, 6) is -0.925. The van der Waals surface area contributed by atoms with E-state index in [0.29, 0.717) is 12.2 Å². The van der Waals surface area contributed by atoms with Crippen LogP contribution in [0.15, 0.2) is 42.5 Å². The molecule has 4 atom stereocenters. The van der Waals surface area contributed by atoms with Gasteiger partial charge in [-0.05, 0) is 63.1 Å². The third-order valence-electron chi connectivity index (χ3n) is 7.77. The second-order valence-electron chi connectivity index (χ2n) is 10.0. The number of amides is 1. The molecule has 5 rings (SSSR count). The van der Waals surface area contributed by atoms with Gasteiger partial charge in [0.1, 0.15) is 5.82 Å². The lowest BCUT2D eigenvalue weighted by Gasteiger charge is -2.34. The molecule has 1 saturated carbocycles. The lowest BCUT2D eigenvalue weighted by molar-refractivity contribution is -0.138. The molecule has 190 valence electrons. The number of imidazole rings is 1. The van der Waals surface area contributed by atoms with Gasteiger partial charge in [0.05, 0.1) is 35.9 Å². The summed E-state index contributed by atoms with van der Waals surface area (Å²) < 4.78 is 7.23. The third kappa shape index (κ3) is 4.34. The van der Waals surface area contributed by atoms with Crippen LogP contribution in [0.1, 0.15) is 67.9 Å². The number of aliphatic carboxylic acids is 1.